The zero-order chi connectivity index (χ0) is 14.6. The fourth-order valence-corrected chi connectivity index (χ4v) is 3.87. The van der Waals surface area contributed by atoms with Gasteiger partial charge < -0.3 is 4.43 Å². The highest BCUT2D eigenvalue weighted by Gasteiger charge is 2.58. The molecule has 19 heavy (non-hydrogen) atoms. The van der Waals surface area contributed by atoms with Crippen LogP contribution in [0.15, 0.2) is 11.8 Å². The maximum atomic E-state index is 12.4. The van der Waals surface area contributed by atoms with E-state index in [0.29, 0.717) is 0 Å². The van der Waals surface area contributed by atoms with E-state index < -0.39 is 13.7 Å². The molecule has 2 nitrogen and oxygen atoms in total. The van der Waals surface area contributed by atoms with E-state index in [1.807, 2.05) is 13.0 Å². The number of Topliss-reactive ketones (excluding diaryl/α,β-unsaturated/α-hetero) is 1. The number of rotatable bonds is 2. The number of carbonyl (C=O) groups excluding carboxylic acids is 1. The van der Waals surface area contributed by atoms with E-state index in [1.165, 1.54) is 0 Å². The fourth-order valence-electron chi connectivity index (χ4n) is 2.72. The van der Waals surface area contributed by atoms with Gasteiger partial charge in [0.15, 0.2) is 5.78 Å². The van der Waals surface area contributed by atoms with E-state index >= 15 is 0 Å². The van der Waals surface area contributed by atoms with Crippen molar-refractivity contribution in [2.75, 3.05) is 0 Å². The summed E-state index contributed by atoms with van der Waals surface area (Å²) in [6, 6.07) is 0. The average molecular weight is 276 g/mol. The van der Waals surface area contributed by atoms with E-state index in [2.05, 4.69) is 39.8 Å². The summed E-state index contributed by atoms with van der Waals surface area (Å²) in [7, 11) is -1.89. The van der Waals surface area contributed by atoms with Crippen molar-refractivity contribution in [2.24, 2.45) is 17.3 Å². The molecular weight excluding hydrogens is 252 g/mol. The molecule has 0 aliphatic heterocycles. The fraction of sp³-hybridized carbons (Fsp3) is 0.688. The van der Waals surface area contributed by atoms with Crippen molar-refractivity contribution < 1.29 is 9.22 Å². The van der Waals surface area contributed by atoms with Gasteiger partial charge in [0.25, 0.3) is 0 Å². The van der Waals surface area contributed by atoms with Crippen LogP contribution in [0.4, 0.5) is 0 Å². The van der Waals surface area contributed by atoms with Crippen molar-refractivity contribution in [3.05, 3.63) is 11.8 Å². The maximum Gasteiger partial charge on any atom is 0.250 e. The number of hydrogen-bond acceptors (Lipinski definition) is 2. The zero-order valence-corrected chi connectivity index (χ0v) is 13.8. The van der Waals surface area contributed by atoms with Gasteiger partial charge in [-0.25, -0.2) is 0 Å². The Bertz CT molecular complexity index is 490. The number of allylic oxidation sites excluding steroid dienone is 2. The van der Waals surface area contributed by atoms with Crippen molar-refractivity contribution in [1.29, 1.82) is 0 Å². The molecule has 3 atom stereocenters. The summed E-state index contributed by atoms with van der Waals surface area (Å²) in [4.78, 5) is 12.4. The van der Waals surface area contributed by atoms with Gasteiger partial charge in [0.05, 0.1) is 17.1 Å². The van der Waals surface area contributed by atoms with Gasteiger partial charge in [-0.05, 0) is 37.6 Å². The van der Waals surface area contributed by atoms with Crippen molar-refractivity contribution >= 4 is 14.1 Å². The van der Waals surface area contributed by atoms with Crippen molar-refractivity contribution in [3.8, 4) is 12.3 Å². The Balaban J connectivity index is 2.29. The monoisotopic (exact) mass is 276 g/mol. The Kier molecular flexibility index (Phi) is 3.02. The molecule has 0 amide bonds. The molecule has 0 unspecified atom stereocenters. The summed E-state index contributed by atoms with van der Waals surface area (Å²) in [5, 5.41) is 0.139. The average Bonchev–Trinajstić information content (AvgIpc) is 2.63. The van der Waals surface area contributed by atoms with Gasteiger partial charge in [0.1, 0.15) is 0 Å². The van der Waals surface area contributed by atoms with Gasteiger partial charge in [-0.1, -0.05) is 20.8 Å². The van der Waals surface area contributed by atoms with Crippen LogP contribution < -0.4 is 0 Å². The van der Waals surface area contributed by atoms with Crippen molar-refractivity contribution in [1.82, 2.24) is 0 Å². The van der Waals surface area contributed by atoms with Gasteiger partial charge >= 0.3 is 0 Å². The Morgan fingerprint density at radius 1 is 1.47 bits per heavy atom. The molecule has 104 valence electrons. The lowest BCUT2D eigenvalue weighted by atomic mass is 9.85. The Morgan fingerprint density at radius 3 is 2.42 bits per heavy atom. The first-order valence-corrected chi connectivity index (χ1v) is 9.85. The second-order valence-electron chi connectivity index (χ2n) is 7.59. The first-order valence-electron chi connectivity index (χ1n) is 6.95. The first kappa shape index (κ1) is 14.4. The number of terminal acetylenes is 1. The molecule has 0 radical (unpaired) electrons. The van der Waals surface area contributed by atoms with Crippen LogP contribution in [0, 0.1) is 29.6 Å². The van der Waals surface area contributed by atoms with Crippen LogP contribution in [0.1, 0.15) is 34.1 Å². The van der Waals surface area contributed by atoms with Crippen LogP contribution in [-0.2, 0) is 9.22 Å². The summed E-state index contributed by atoms with van der Waals surface area (Å²) in [6.45, 7) is 13.1. The lowest BCUT2D eigenvalue weighted by Gasteiger charge is -2.40. The Morgan fingerprint density at radius 2 is 2.05 bits per heavy atom. The molecule has 1 saturated carbocycles. The second-order valence-corrected chi connectivity index (χ2v) is 12.3. The topological polar surface area (TPSA) is 26.3 Å². The summed E-state index contributed by atoms with van der Waals surface area (Å²) in [5.74, 6) is 3.84. The molecule has 0 aromatic carbocycles. The first-order chi connectivity index (χ1) is 8.53. The molecule has 0 aromatic heterocycles. The molecular formula is C16H24O2Si. The van der Waals surface area contributed by atoms with Gasteiger partial charge in [-0.2, -0.15) is 0 Å². The molecule has 3 heteroatoms. The van der Waals surface area contributed by atoms with E-state index in [9.17, 15) is 4.79 Å². The molecule has 2 aliphatic carbocycles. The molecule has 2 aliphatic rings. The maximum absolute atomic E-state index is 12.4. The number of carbonyl (C=O) groups is 1. The van der Waals surface area contributed by atoms with Gasteiger partial charge in [-0.15, -0.1) is 12.3 Å². The third-order valence-electron chi connectivity index (χ3n) is 5.17. The molecule has 2 rings (SSSR count). The SMILES string of the molecule is C#C[C@@H]1C[C@]2(C)C(=O)[C@H]1C=C2O[Si](C)(C)C(C)(C)C. The quantitative estimate of drug-likeness (QED) is 0.567. The van der Waals surface area contributed by atoms with Gasteiger partial charge in [-0.3, -0.25) is 4.79 Å². The minimum Gasteiger partial charge on any atom is -0.546 e. The predicted octanol–water partition coefficient (Wildman–Crippen LogP) is 3.75. The highest BCUT2D eigenvalue weighted by atomic mass is 28.4. The van der Waals surface area contributed by atoms with Crippen LogP contribution in [-0.4, -0.2) is 14.1 Å². The third kappa shape index (κ3) is 1.97. The Labute approximate surface area is 117 Å². The van der Waals surface area contributed by atoms with E-state index in [0.717, 1.165) is 12.2 Å². The summed E-state index contributed by atoms with van der Waals surface area (Å²) in [6.07, 6.45) is 8.26. The molecule has 0 aromatic rings. The molecule has 2 bridgehead atoms. The largest absolute Gasteiger partial charge is 0.546 e. The van der Waals surface area contributed by atoms with E-state index in [1.54, 1.807) is 0 Å². The lowest BCUT2D eigenvalue weighted by molar-refractivity contribution is -0.125. The molecule has 0 spiro atoms. The van der Waals surface area contributed by atoms with Crippen molar-refractivity contribution in [3.63, 3.8) is 0 Å². The van der Waals surface area contributed by atoms with Crippen LogP contribution in [0.2, 0.25) is 18.1 Å². The highest BCUT2D eigenvalue weighted by molar-refractivity contribution is 6.74. The lowest BCUT2D eigenvalue weighted by Crippen LogP contribution is -2.42. The van der Waals surface area contributed by atoms with Crippen LogP contribution in [0.25, 0.3) is 0 Å². The number of fused-ring (bicyclic) bond motifs is 2. The van der Waals surface area contributed by atoms with Crippen LogP contribution in [0.5, 0.6) is 0 Å². The smallest absolute Gasteiger partial charge is 0.250 e. The number of hydrogen-bond donors (Lipinski definition) is 0. The minimum absolute atomic E-state index is 0.0595. The summed E-state index contributed by atoms with van der Waals surface area (Å²) >= 11 is 0. The normalized spacial score (nSPS) is 34.2. The predicted molar refractivity (Wildman–Crippen MR) is 79.9 cm³/mol. The third-order valence-corrected chi connectivity index (χ3v) is 9.51. The standard InChI is InChI=1S/C16H24O2Si/c1-8-11-10-16(5)13(9-12(11)14(16)17)18-19(6,7)15(2,3)4/h1,9,11-12H,10H2,2-7H3/t11-,12+,16+/m1/s1. The summed E-state index contributed by atoms with van der Waals surface area (Å²) < 4.78 is 6.37. The molecule has 0 saturated heterocycles. The van der Waals surface area contributed by atoms with Crippen LogP contribution in [0.3, 0.4) is 0 Å². The van der Waals surface area contributed by atoms with Gasteiger partial charge in [0.2, 0.25) is 8.32 Å². The number of ketones is 1. The molecule has 0 N–H and O–H groups in total. The van der Waals surface area contributed by atoms with Crippen molar-refractivity contribution in [2.45, 2.75) is 52.2 Å². The van der Waals surface area contributed by atoms with E-state index in [4.69, 9.17) is 10.8 Å². The van der Waals surface area contributed by atoms with E-state index in [-0.39, 0.29) is 22.7 Å². The summed E-state index contributed by atoms with van der Waals surface area (Å²) in [5.41, 5.74) is -0.475. The molecule has 0 heterocycles. The second kappa shape index (κ2) is 3.99. The minimum atomic E-state index is -1.89. The zero-order valence-electron chi connectivity index (χ0n) is 12.8. The highest BCUT2D eigenvalue weighted by Crippen LogP contribution is 2.55. The van der Waals surface area contributed by atoms with Crippen LogP contribution >= 0.6 is 0 Å². The molecule has 1 fully saturated rings. The Hall–Kier alpha value is -1.01. The van der Waals surface area contributed by atoms with Gasteiger partial charge in [0, 0.05) is 5.92 Å².